The van der Waals surface area contributed by atoms with E-state index in [-0.39, 0.29) is 6.03 Å². The first-order chi connectivity index (χ1) is 8.33. The van der Waals surface area contributed by atoms with Gasteiger partial charge in [0.05, 0.1) is 6.61 Å². The number of nitrogens with one attached hydrogen (secondary N) is 2. The summed E-state index contributed by atoms with van der Waals surface area (Å²) >= 11 is 0. The van der Waals surface area contributed by atoms with E-state index in [2.05, 4.69) is 17.7 Å². The molecule has 1 rings (SSSR count). The van der Waals surface area contributed by atoms with Crippen molar-refractivity contribution in [2.45, 2.75) is 32.8 Å². The van der Waals surface area contributed by atoms with Gasteiger partial charge in [0.1, 0.15) is 0 Å². The van der Waals surface area contributed by atoms with Gasteiger partial charge in [-0.1, -0.05) is 50.1 Å². The second-order valence-corrected chi connectivity index (χ2v) is 3.84. The van der Waals surface area contributed by atoms with E-state index in [0.29, 0.717) is 13.2 Å². The zero-order valence-corrected chi connectivity index (χ0v) is 10.2. The Morgan fingerprint density at radius 2 is 2.00 bits per heavy atom. The Bertz CT molecular complexity index is 314. The van der Waals surface area contributed by atoms with Crippen molar-refractivity contribution in [1.82, 2.24) is 10.8 Å². The topological polar surface area (TPSA) is 50.4 Å². The number of carbonyl (C=O) groups excluding carboxylic acids is 1. The molecular weight excluding hydrogens is 216 g/mol. The van der Waals surface area contributed by atoms with E-state index < -0.39 is 0 Å². The van der Waals surface area contributed by atoms with E-state index in [1.807, 2.05) is 30.3 Å². The Morgan fingerprint density at radius 1 is 1.24 bits per heavy atom. The first kappa shape index (κ1) is 13.5. The number of benzene rings is 1. The first-order valence-electron chi connectivity index (χ1n) is 6.02. The van der Waals surface area contributed by atoms with Crippen LogP contribution in [-0.4, -0.2) is 12.6 Å². The van der Waals surface area contributed by atoms with Crippen LogP contribution in [0.15, 0.2) is 30.3 Å². The van der Waals surface area contributed by atoms with E-state index in [1.54, 1.807) is 0 Å². The summed E-state index contributed by atoms with van der Waals surface area (Å²) in [7, 11) is 0. The normalized spacial score (nSPS) is 9.94. The molecule has 0 unspecified atom stereocenters. The maximum absolute atomic E-state index is 11.2. The van der Waals surface area contributed by atoms with Crippen LogP contribution in [0.2, 0.25) is 0 Å². The van der Waals surface area contributed by atoms with E-state index in [9.17, 15) is 4.79 Å². The molecule has 0 radical (unpaired) electrons. The van der Waals surface area contributed by atoms with Gasteiger partial charge in [-0.05, 0) is 12.0 Å². The summed E-state index contributed by atoms with van der Waals surface area (Å²) < 4.78 is 0. The maximum Gasteiger partial charge on any atom is 0.338 e. The quantitative estimate of drug-likeness (QED) is 0.564. The number of carbonyl (C=O) groups is 1. The highest BCUT2D eigenvalue weighted by molar-refractivity contribution is 5.72. The summed E-state index contributed by atoms with van der Waals surface area (Å²) in [6, 6.07) is 9.42. The van der Waals surface area contributed by atoms with Crippen LogP contribution >= 0.6 is 0 Å². The molecule has 0 aromatic heterocycles. The highest BCUT2D eigenvalue weighted by Gasteiger charge is 1.98. The third kappa shape index (κ3) is 6.58. The molecule has 4 nitrogen and oxygen atoms in total. The van der Waals surface area contributed by atoms with Crippen molar-refractivity contribution >= 4 is 6.03 Å². The Labute approximate surface area is 102 Å². The molecule has 0 bridgehead atoms. The van der Waals surface area contributed by atoms with Crippen LogP contribution in [0.4, 0.5) is 4.79 Å². The van der Waals surface area contributed by atoms with Gasteiger partial charge in [-0.2, -0.15) is 0 Å². The molecule has 0 aliphatic heterocycles. The number of urea groups is 1. The fourth-order valence-electron chi connectivity index (χ4n) is 1.37. The van der Waals surface area contributed by atoms with Crippen LogP contribution in [0, 0.1) is 0 Å². The second-order valence-electron chi connectivity index (χ2n) is 3.84. The maximum atomic E-state index is 11.2. The van der Waals surface area contributed by atoms with Gasteiger partial charge in [-0.25, -0.2) is 10.3 Å². The molecule has 4 heteroatoms. The number of amides is 2. The predicted octanol–water partition coefficient (Wildman–Crippen LogP) is 2.61. The Kier molecular flexibility index (Phi) is 6.82. The van der Waals surface area contributed by atoms with E-state index in [4.69, 9.17) is 4.84 Å². The van der Waals surface area contributed by atoms with Crippen molar-refractivity contribution in [2.75, 3.05) is 6.54 Å². The molecule has 0 atom stereocenters. The Morgan fingerprint density at radius 3 is 2.71 bits per heavy atom. The largest absolute Gasteiger partial charge is 0.338 e. The number of hydroxylamine groups is 1. The summed E-state index contributed by atoms with van der Waals surface area (Å²) in [6.07, 6.45) is 3.28. The van der Waals surface area contributed by atoms with Crippen LogP contribution in [-0.2, 0) is 11.4 Å². The Balaban J connectivity index is 2.04. The van der Waals surface area contributed by atoms with Crippen molar-refractivity contribution < 1.29 is 9.63 Å². The molecule has 0 saturated heterocycles. The lowest BCUT2D eigenvalue weighted by molar-refractivity contribution is 0.0491. The lowest BCUT2D eigenvalue weighted by Gasteiger charge is -2.07. The van der Waals surface area contributed by atoms with E-state index in [0.717, 1.165) is 24.8 Å². The van der Waals surface area contributed by atoms with Crippen LogP contribution in [0.1, 0.15) is 31.7 Å². The van der Waals surface area contributed by atoms with Gasteiger partial charge in [0, 0.05) is 6.54 Å². The van der Waals surface area contributed by atoms with Gasteiger partial charge >= 0.3 is 6.03 Å². The number of hydrogen-bond donors (Lipinski definition) is 2. The fraction of sp³-hybridized carbons (Fsp3) is 0.462. The van der Waals surface area contributed by atoms with Crippen LogP contribution in [0.5, 0.6) is 0 Å². The van der Waals surface area contributed by atoms with Crippen LogP contribution in [0.3, 0.4) is 0 Å². The molecule has 2 amide bonds. The highest BCUT2D eigenvalue weighted by atomic mass is 16.7. The fourth-order valence-corrected chi connectivity index (χ4v) is 1.37. The third-order valence-electron chi connectivity index (χ3n) is 2.31. The van der Waals surface area contributed by atoms with Crippen molar-refractivity contribution in [3.8, 4) is 0 Å². The molecule has 0 saturated carbocycles. The minimum atomic E-state index is -0.281. The molecule has 0 heterocycles. The predicted molar refractivity (Wildman–Crippen MR) is 67.3 cm³/mol. The first-order valence-corrected chi connectivity index (χ1v) is 6.02. The molecule has 0 fully saturated rings. The highest BCUT2D eigenvalue weighted by Crippen LogP contribution is 1.98. The van der Waals surface area contributed by atoms with E-state index >= 15 is 0 Å². The summed E-state index contributed by atoms with van der Waals surface area (Å²) in [5.41, 5.74) is 3.38. The number of rotatable bonds is 7. The monoisotopic (exact) mass is 236 g/mol. The standard InChI is InChI=1S/C13H20N2O2/c1-2-3-7-10-14-13(16)15-17-11-12-8-5-4-6-9-12/h4-6,8-9H,2-3,7,10-11H2,1H3,(H2,14,15,16). The van der Waals surface area contributed by atoms with Gasteiger partial charge < -0.3 is 5.32 Å². The average Bonchev–Trinajstić information content (AvgIpc) is 2.36. The summed E-state index contributed by atoms with van der Waals surface area (Å²) in [5, 5.41) is 2.73. The van der Waals surface area contributed by atoms with Crippen molar-refractivity contribution in [3.63, 3.8) is 0 Å². The minimum absolute atomic E-state index is 0.281. The summed E-state index contributed by atoms with van der Waals surface area (Å²) in [5.74, 6) is 0. The van der Waals surface area contributed by atoms with Gasteiger partial charge in [0.25, 0.3) is 0 Å². The second kappa shape index (κ2) is 8.58. The van der Waals surface area contributed by atoms with Gasteiger partial charge in [0.2, 0.25) is 0 Å². The summed E-state index contributed by atoms with van der Waals surface area (Å²) in [6.45, 7) is 3.20. The smallest absolute Gasteiger partial charge is 0.336 e. The summed E-state index contributed by atoms with van der Waals surface area (Å²) in [4.78, 5) is 16.3. The van der Waals surface area contributed by atoms with Crippen LogP contribution < -0.4 is 10.8 Å². The molecule has 94 valence electrons. The van der Waals surface area contributed by atoms with Gasteiger partial charge in [-0.15, -0.1) is 0 Å². The zero-order valence-electron chi connectivity index (χ0n) is 10.2. The zero-order chi connectivity index (χ0) is 12.3. The van der Waals surface area contributed by atoms with Gasteiger partial charge in [-0.3, -0.25) is 4.84 Å². The van der Waals surface area contributed by atoms with Crippen LogP contribution in [0.25, 0.3) is 0 Å². The molecule has 0 aliphatic carbocycles. The van der Waals surface area contributed by atoms with Crippen molar-refractivity contribution in [1.29, 1.82) is 0 Å². The molecular formula is C13H20N2O2. The number of hydrogen-bond acceptors (Lipinski definition) is 2. The molecule has 2 N–H and O–H groups in total. The SMILES string of the molecule is CCCCCNC(=O)NOCc1ccccc1. The lowest BCUT2D eigenvalue weighted by atomic mass is 10.2. The lowest BCUT2D eigenvalue weighted by Crippen LogP contribution is -2.35. The molecule has 17 heavy (non-hydrogen) atoms. The molecule has 1 aromatic carbocycles. The number of unbranched alkanes of at least 4 members (excludes halogenated alkanes) is 2. The molecule has 0 aliphatic rings. The van der Waals surface area contributed by atoms with Crippen molar-refractivity contribution in [3.05, 3.63) is 35.9 Å². The average molecular weight is 236 g/mol. The van der Waals surface area contributed by atoms with Crippen molar-refractivity contribution in [2.24, 2.45) is 0 Å². The minimum Gasteiger partial charge on any atom is -0.336 e. The van der Waals surface area contributed by atoms with Gasteiger partial charge in [0.15, 0.2) is 0 Å². The van der Waals surface area contributed by atoms with E-state index in [1.165, 1.54) is 0 Å². The third-order valence-corrected chi connectivity index (χ3v) is 2.31. The molecule has 1 aromatic rings. The Hall–Kier alpha value is -1.55. The molecule has 0 spiro atoms.